The third kappa shape index (κ3) is 3.74. The minimum absolute atomic E-state index is 0.611. The Kier molecular flexibility index (Phi) is 5.12. The summed E-state index contributed by atoms with van der Waals surface area (Å²) in [7, 11) is 0. The number of hydrogen-bond donors (Lipinski definition) is 0. The van der Waals surface area contributed by atoms with Crippen molar-refractivity contribution in [3.05, 3.63) is 65.9 Å². The standard InChI is InChI=1S/C21H21NO2/c1-3-23-20-14-10-16(15-21(20)24-4-2)9-12-18-13-11-17-7-5-6-8-19(17)22-18/h5-15H,3-4H2,1-2H3/b12-9+. The van der Waals surface area contributed by atoms with E-state index in [9.17, 15) is 0 Å². The van der Waals surface area contributed by atoms with E-state index < -0.39 is 0 Å². The SMILES string of the molecule is CCOc1ccc(/C=C/c2ccc3ccccc3n2)cc1OCC. The van der Waals surface area contributed by atoms with Crippen LogP contribution in [-0.2, 0) is 0 Å². The molecular formula is C21H21NO2. The van der Waals surface area contributed by atoms with Crippen LogP contribution in [0.5, 0.6) is 11.5 Å². The van der Waals surface area contributed by atoms with Crippen LogP contribution in [0.25, 0.3) is 23.1 Å². The minimum Gasteiger partial charge on any atom is -0.490 e. The van der Waals surface area contributed by atoms with Crippen molar-refractivity contribution >= 4 is 23.1 Å². The molecule has 0 saturated carbocycles. The molecule has 3 aromatic rings. The molecule has 0 amide bonds. The van der Waals surface area contributed by atoms with E-state index in [4.69, 9.17) is 9.47 Å². The Morgan fingerprint density at radius 2 is 1.62 bits per heavy atom. The molecule has 0 N–H and O–H groups in total. The average Bonchev–Trinajstić information content (AvgIpc) is 2.62. The zero-order chi connectivity index (χ0) is 16.8. The first-order valence-electron chi connectivity index (χ1n) is 8.23. The van der Waals surface area contributed by atoms with Crippen LogP contribution in [-0.4, -0.2) is 18.2 Å². The van der Waals surface area contributed by atoms with Crippen molar-refractivity contribution in [1.29, 1.82) is 0 Å². The van der Waals surface area contributed by atoms with Crippen molar-refractivity contribution < 1.29 is 9.47 Å². The summed E-state index contributed by atoms with van der Waals surface area (Å²) in [5.74, 6) is 1.55. The molecule has 3 nitrogen and oxygen atoms in total. The van der Waals surface area contributed by atoms with E-state index in [1.807, 2.05) is 68.5 Å². The first-order valence-corrected chi connectivity index (χ1v) is 8.23. The van der Waals surface area contributed by atoms with Crippen molar-refractivity contribution in [3.8, 4) is 11.5 Å². The van der Waals surface area contributed by atoms with Gasteiger partial charge in [-0.25, -0.2) is 4.98 Å². The number of fused-ring (bicyclic) bond motifs is 1. The molecule has 0 bridgehead atoms. The Hall–Kier alpha value is -2.81. The van der Waals surface area contributed by atoms with E-state index in [0.29, 0.717) is 13.2 Å². The highest BCUT2D eigenvalue weighted by molar-refractivity contribution is 5.80. The summed E-state index contributed by atoms with van der Waals surface area (Å²) in [6.07, 6.45) is 4.05. The number of aromatic nitrogens is 1. The maximum Gasteiger partial charge on any atom is 0.161 e. The maximum absolute atomic E-state index is 5.67. The topological polar surface area (TPSA) is 31.4 Å². The van der Waals surface area contributed by atoms with Gasteiger partial charge in [0.2, 0.25) is 0 Å². The fourth-order valence-corrected chi connectivity index (χ4v) is 2.53. The molecule has 2 aromatic carbocycles. The fraction of sp³-hybridized carbons (Fsp3) is 0.190. The highest BCUT2D eigenvalue weighted by atomic mass is 16.5. The molecule has 0 fully saturated rings. The van der Waals surface area contributed by atoms with E-state index in [-0.39, 0.29) is 0 Å². The van der Waals surface area contributed by atoms with Crippen LogP contribution < -0.4 is 9.47 Å². The number of pyridine rings is 1. The van der Waals surface area contributed by atoms with Crippen molar-refractivity contribution in [2.45, 2.75) is 13.8 Å². The van der Waals surface area contributed by atoms with Crippen LogP contribution >= 0.6 is 0 Å². The fourth-order valence-electron chi connectivity index (χ4n) is 2.53. The Labute approximate surface area is 142 Å². The largest absolute Gasteiger partial charge is 0.490 e. The summed E-state index contributed by atoms with van der Waals surface area (Å²) in [4.78, 5) is 4.65. The Bertz CT molecular complexity index is 855. The summed E-state index contributed by atoms with van der Waals surface area (Å²) in [6, 6.07) is 18.2. The summed E-state index contributed by atoms with van der Waals surface area (Å²) >= 11 is 0. The van der Waals surface area contributed by atoms with Crippen LogP contribution in [0.2, 0.25) is 0 Å². The van der Waals surface area contributed by atoms with Crippen molar-refractivity contribution in [2.24, 2.45) is 0 Å². The van der Waals surface area contributed by atoms with Crippen LogP contribution in [0, 0.1) is 0 Å². The Morgan fingerprint density at radius 1 is 0.833 bits per heavy atom. The van der Waals surface area contributed by atoms with Gasteiger partial charge >= 0.3 is 0 Å². The number of benzene rings is 2. The zero-order valence-electron chi connectivity index (χ0n) is 14.0. The van der Waals surface area contributed by atoms with Gasteiger partial charge in [-0.2, -0.15) is 0 Å². The van der Waals surface area contributed by atoms with E-state index >= 15 is 0 Å². The molecule has 3 rings (SSSR count). The van der Waals surface area contributed by atoms with Crippen molar-refractivity contribution in [3.63, 3.8) is 0 Å². The number of para-hydroxylation sites is 1. The van der Waals surface area contributed by atoms with Crippen LogP contribution in [0.3, 0.4) is 0 Å². The van der Waals surface area contributed by atoms with Gasteiger partial charge in [-0.3, -0.25) is 0 Å². The summed E-state index contributed by atoms with van der Waals surface area (Å²) < 4.78 is 11.3. The molecular weight excluding hydrogens is 298 g/mol. The molecule has 1 heterocycles. The molecule has 3 heteroatoms. The molecule has 0 saturated heterocycles. The van der Waals surface area contributed by atoms with E-state index in [1.54, 1.807) is 0 Å². The average molecular weight is 319 g/mol. The lowest BCUT2D eigenvalue weighted by molar-refractivity contribution is 0.287. The lowest BCUT2D eigenvalue weighted by Crippen LogP contribution is -1.98. The highest BCUT2D eigenvalue weighted by Crippen LogP contribution is 2.29. The molecule has 0 aliphatic carbocycles. The van der Waals surface area contributed by atoms with Gasteiger partial charge in [0.1, 0.15) is 0 Å². The maximum atomic E-state index is 5.67. The zero-order valence-corrected chi connectivity index (χ0v) is 14.0. The molecule has 0 unspecified atom stereocenters. The molecule has 24 heavy (non-hydrogen) atoms. The van der Waals surface area contributed by atoms with E-state index in [2.05, 4.69) is 17.1 Å². The quantitative estimate of drug-likeness (QED) is 0.625. The predicted molar refractivity (Wildman–Crippen MR) is 99.5 cm³/mol. The van der Waals surface area contributed by atoms with Gasteiger partial charge in [-0.1, -0.05) is 36.4 Å². The summed E-state index contributed by atoms with van der Waals surface area (Å²) in [5, 5.41) is 1.15. The molecule has 0 spiro atoms. The van der Waals surface area contributed by atoms with Crippen molar-refractivity contribution in [2.75, 3.05) is 13.2 Å². The van der Waals surface area contributed by atoms with Gasteiger partial charge < -0.3 is 9.47 Å². The van der Waals surface area contributed by atoms with Gasteiger partial charge in [0, 0.05) is 5.39 Å². The second kappa shape index (κ2) is 7.64. The monoisotopic (exact) mass is 319 g/mol. The van der Waals surface area contributed by atoms with Gasteiger partial charge in [0.15, 0.2) is 11.5 Å². The lowest BCUT2D eigenvalue weighted by Gasteiger charge is -2.11. The van der Waals surface area contributed by atoms with Gasteiger partial charge in [-0.15, -0.1) is 0 Å². The van der Waals surface area contributed by atoms with Crippen molar-refractivity contribution in [1.82, 2.24) is 4.98 Å². The minimum atomic E-state index is 0.611. The smallest absolute Gasteiger partial charge is 0.161 e. The second-order valence-corrected chi connectivity index (χ2v) is 5.33. The normalized spacial score (nSPS) is 11.1. The first-order chi connectivity index (χ1) is 11.8. The third-order valence-electron chi connectivity index (χ3n) is 3.63. The van der Waals surface area contributed by atoms with Gasteiger partial charge in [-0.05, 0) is 49.8 Å². The number of ether oxygens (including phenoxy) is 2. The molecule has 122 valence electrons. The van der Waals surface area contributed by atoms with Gasteiger partial charge in [0.25, 0.3) is 0 Å². The molecule has 1 aromatic heterocycles. The lowest BCUT2D eigenvalue weighted by atomic mass is 10.1. The Morgan fingerprint density at radius 3 is 2.46 bits per heavy atom. The second-order valence-electron chi connectivity index (χ2n) is 5.33. The number of rotatable bonds is 6. The molecule has 0 atom stereocenters. The van der Waals surface area contributed by atoms with Crippen LogP contribution in [0.1, 0.15) is 25.1 Å². The molecule has 0 radical (unpaired) electrons. The summed E-state index contributed by atoms with van der Waals surface area (Å²) in [6.45, 7) is 5.17. The van der Waals surface area contributed by atoms with Crippen LogP contribution in [0.15, 0.2) is 54.6 Å². The van der Waals surface area contributed by atoms with E-state index in [1.165, 1.54) is 0 Å². The van der Waals surface area contributed by atoms with E-state index in [0.717, 1.165) is 33.7 Å². The third-order valence-corrected chi connectivity index (χ3v) is 3.63. The predicted octanol–water partition coefficient (Wildman–Crippen LogP) is 5.20. The van der Waals surface area contributed by atoms with Crippen LogP contribution in [0.4, 0.5) is 0 Å². The van der Waals surface area contributed by atoms with Gasteiger partial charge in [0.05, 0.1) is 24.4 Å². The first kappa shape index (κ1) is 16.1. The molecule has 0 aliphatic rings. The summed E-state index contributed by atoms with van der Waals surface area (Å²) in [5.41, 5.74) is 2.98. The molecule has 0 aliphatic heterocycles. The number of nitrogens with zero attached hydrogens (tertiary/aromatic N) is 1. The number of hydrogen-bond acceptors (Lipinski definition) is 3. The highest BCUT2D eigenvalue weighted by Gasteiger charge is 2.04. The Balaban J connectivity index is 1.85.